The fraction of sp³-hybridized carbons (Fsp3) is 0.0769. The molecule has 0 aliphatic carbocycles. The molecule has 0 saturated heterocycles. The van der Waals surface area contributed by atoms with E-state index < -0.39 is 5.82 Å². The van der Waals surface area contributed by atoms with E-state index in [2.05, 4.69) is 20.9 Å². The number of carbonyl (C=O) groups excluding carboxylic acids is 1. The van der Waals surface area contributed by atoms with Crippen molar-refractivity contribution in [3.05, 3.63) is 63.1 Å². The molecule has 1 heterocycles. The van der Waals surface area contributed by atoms with E-state index in [9.17, 15) is 9.18 Å². The Balaban J connectivity index is 2.18. The van der Waals surface area contributed by atoms with Gasteiger partial charge in [0.05, 0.1) is 5.02 Å². The summed E-state index contributed by atoms with van der Waals surface area (Å²) < 4.78 is 14.0. The average molecular weight is 329 g/mol. The number of hydrogen-bond acceptors (Lipinski definition) is 2. The number of halogens is 3. The van der Waals surface area contributed by atoms with Gasteiger partial charge in [-0.3, -0.25) is 9.78 Å². The standard InChI is InChI=1S/C13H8BrClFNO/c14-10-5-9(6-17-7-10)13(18)4-8-1-2-11(15)12(16)3-8/h1-3,5-7H,4H2. The molecular weight excluding hydrogens is 321 g/mol. The van der Waals surface area contributed by atoms with E-state index in [1.807, 2.05) is 0 Å². The maximum Gasteiger partial charge on any atom is 0.168 e. The van der Waals surface area contributed by atoms with Crippen LogP contribution in [0.1, 0.15) is 15.9 Å². The fourth-order valence-electron chi connectivity index (χ4n) is 1.50. The minimum atomic E-state index is -0.519. The molecule has 0 bridgehead atoms. The Morgan fingerprint density at radius 1 is 1.33 bits per heavy atom. The molecule has 92 valence electrons. The van der Waals surface area contributed by atoms with E-state index >= 15 is 0 Å². The minimum Gasteiger partial charge on any atom is -0.294 e. The molecule has 0 spiro atoms. The van der Waals surface area contributed by atoms with Crippen LogP contribution in [0.3, 0.4) is 0 Å². The lowest BCUT2D eigenvalue weighted by Crippen LogP contribution is -2.04. The second kappa shape index (κ2) is 5.59. The van der Waals surface area contributed by atoms with Gasteiger partial charge in [0, 0.05) is 28.9 Å². The molecule has 0 aliphatic heterocycles. The third kappa shape index (κ3) is 3.15. The van der Waals surface area contributed by atoms with Crippen molar-refractivity contribution < 1.29 is 9.18 Å². The Morgan fingerprint density at radius 3 is 2.78 bits per heavy atom. The summed E-state index contributed by atoms with van der Waals surface area (Å²) in [7, 11) is 0. The van der Waals surface area contributed by atoms with Crippen LogP contribution in [0.25, 0.3) is 0 Å². The van der Waals surface area contributed by atoms with Gasteiger partial charge in [0.2, 0.25) is 0 Å². The second-order valence-electron chi connectivity index (χ2n) is 3.74. The number of rotatable bonds is 3. The van der Waals surface area contributed by atoms with E-state index in [1.54, 1.807) is 18.3 Å². The van der Waals surface area contributed by atoms with Gasteiger partial charge in [-0.05, 0) is 39.7 Å². The van der Waals surface area contributed by atoms with Crippen molar-refractivity contribution in [3.8, 4) is 0 Å². The highest BCUT2D eigenvalue weighted by Crippen LogP contribution is 2.17. The lowest BCUT2D eigenvalue weighted by atomic mass is 10.0. The van der Waals surface area contributed by atoms with E-state index in [1.165, 1.54) is 18.3 Å². The van der Waals surface area contributed by atoms with Gasteiger partial charge in [0.1, 0.15) is 5.82 Å². The van der Waals surface area contributed by atoms with Gasteiger partial charge in [0.15, 0.2) is 5.78 Å². The molecule has 2 aromatic rings. The number of ketones is 1. The highest BCUT2D eigenvalue weighted by molar-refractivity contribution is 9.10. The van der Waals surface area contributed by atoms with Gasteiger partial charge < -0.3 is 0 Å². The molecule has 0 saturated carbocycles. The maximum atomic E-state index is 13.2. The van der Waals surface area contributed by atoms with Crippen molar-refractivity contribution in [3.63, 3.8) is 0 Å². The first-order chi connectivity index (χ1) is 8.56. The number of nitrogens with zero attached hydrogens (tertiary/aromatic N) is 1. The number of aromatic nitrogens is 1. The van der Waals surface area contributed by atoms with Crippen LogP contribution in [0.2, 0.25) is 5.02 Å². The molecule has 5 heteroatoms. The first kappa shape index (κ1) is 13.2. The van der Waals surface area contributed by atoms with Crippen LogP contribution >= 0.6 is 27.5 Å². The molecule has 18 heavy (non-hydrogen) atoms. The van der Waals surface area contributed by atoms with E-state index in [4.69, 9.17) is 11.6 Å². The van der Waals surface area contributed by atoms with Crippen molar-refractivity contribution in [1.29, 1.82) is 0 Å². The van der Waals surface area contributed by atoms with Gasteiger partial charge in [-0.25, -0.2) is 4.39 Å². The minimum absolute atomic E-state index is 0.0512. The van der Waals surface area contributed by atoms with Crippen molar-refractivity contribution in [1.82, 2.24) is 4.98 Å². The molecular formula is C13H8BrClFNO. The van der Waals surface area contributed by atoms with E-state index in [0.29, 0.717) is 11.1 Å². The van der Waals surface area contributed by atoms with E-state index in [0.717, 1.165) is 4.47 Å². The highest BCUT2D eigenvalue weighted by atomic mass is 79.9. The smallest absolute Gasteiger partial charge is 0.168 e. The Hall–Kier alpha value is -1.26. The van der Waals surface area contributed by atoms with Gasteiger partial charge in [0.25, 0.3) is 0 Å². The first-order valence-corrected chi connectivity index (χ1v) is 6.31. The summed E-state index contributed by atoms with van der Waals surface area (Å²) in [5.74, 6) is -0.639. The molecule has 2 rings (SSSR count). The van der Waals surface area contributed by atoms with Gasteiger partial charge in [-0.1, -0.05) is 17.7 Å². The third-order valence-corrected chi connectivity index (χ3v) is 3.12. The number of Topliss-reactive ketones (excluding diaryl/α,β-unsaturated/α-hetero) is 1. The van der Waals surface area contributed by atoms with Crippen molar-refractivity contribution in [2.75, 3.05) is 0 Å². The first-order valence-electron chi connectivity index (χ1n) is 5.14. The monoisotopic (exact) mass is 327 g/mol. The fourth-order valence-corrected chi connectivity index (χ4v) is 1.98. The van der Waals surface area contributed by atoms with Crippen LogP contribution < -0.4 is 0 Å². The van der Waals surface area contributed by atoms with Crippen LogP contribution in [-0.4, -0.2) is 10.8 Å². The van der Waals surface area contributed by atoms with E-state index in [-0.39, 0.29) is 17.2 Å². The molecule has 0 fully saturated rings. The number of hydrogen-bond donors (Lipinski definition) is 0. The van der Waals surface area contributed by atoms with Crippen molar-refractivity contribution in [2.45, 2.75) is 6.42 Å². The van der Waals surface area contributed by atoms with Crippen LogP contribution in [0, 0.1) is 5.82 Å². The summed E-state index contributed by atoms with van der Waals surface area (Å²) in [4.78, 5) is 15.9. The third-order valence-electron chi connectivity index (χ3n) is 2.38. The Morgan fingerprint density at radius 2 is 2.11 bits per heavy atom. The van der Waals surface area contributed by atoms with Crippen LogP contribution in [0.4, 0.5) is 4.39 Å². The van der Waals surface area contributed by atoms with Gasteiger partial charge >= 0.3 is 0 Å². The zero-order chi connectivity index (χ0) is 13.1. The molecule has 0 aliphatic rings. The van der Waals surface area contributed by atoms with Crippen LogP contribution in [0.15, 0.2) is 41.1 Å². The van der Waals surface area contributed by atoms with Crippen LogP contribution in [0.5, 0.6) is 0 Å². The van der Waals surface area contributed by atoms with Crippen molar-refractivity contribution in [2.24, 2.45) is 0 Å². The predicted molar refractivity (Wildman–Crippen MR) is 71.4 cm³/mol. The molecule has 0 unspecified atom stereocenters. The summed E-state index contributed by atoms with van der Waals surface area (Å²) in [6.07, 6.45) is 3.20. The van der Waals surface area contributed by atoms with Crippen LogP contribution in [-0.2, 0) is 6.42 Å². The normalized spacial score (nSPS) is 10.4. The zero-order valence-corrected chi connectivity index (χ0v) is 11.5. The summed E-state index contributed by atoms with van der Waals surface area (Å²) in [5.41, 5.74) is 1.07. The average Bonchev–Trinajstić information content (AvgIpc) is 2.34. The summed E-state index contributed by atoms with van der Waals surface area (Å²) in [6.45, 7) is 0. The number of benzene rings is 1. The molecule has 1 aromatic carbocycles. The lowest BCUT2D eigenvalue weighted by molar-refractivity contribution is 0.0992. The second-order valence-corrected chi connectivity index (χ2v) is 5.06. The Kier molecular flexibility index (Phi) is 4.09. The Labute approximate surface area is 117 Å². The summed E-state index contributed by atoms with van der Waals surface area (Å²) >= 11 is 8.82. The molecule has 0 atom stereocenters. The molecule has 1 aromatic heterocycles. The lowest BCUT2D eigenvalue weighted by Gasteiger charge is -2.03. The Bertz CT molecular complexity index is 603. The topological polar surface area (TPSA) is 30.0 Å². The molecule has 0 amide bonds. The predicted octanol–water partition coefficient (Wildman–Crippen LogP) is 4.06. The van der Waals surface area contributed by atoms with Gasteiger partial charge in [-0.15, -0.1) is 0 Å². The van der Waals surface area contributed by atoms with Crippen molar-refractivity contribution >= 4 is 33.3 Å². The SMILES string of the molecule is O=C(Cc1ccc(Cl)c(F)c1)c1cncc(Br)c1. The maximum absolute atomic E-state index is 13.2. The summed E-state index contributed by atoms with van der Waals surface area (Å²) in [5, 5.41) is 0.0512. The number of carbonyl (C=O) groups is 1. The molecule has 0 radical (unpaired) electrons. The zero-order valence-electron chi connectivity index (χ0n) is 9.16. The highest BCUT2D eigenvalue weighted by Gasteiger charge is 2.09. The quantitative estimate of drug-likeness (QED) is 0.795. The molecule has 0 N–H and O–H groups in total. The number of pyridine rings is 1. The largest absolute Gasteiger partial charge is 0.294 e. The van der Waals surface area contributed by atoms with Gasteiger partial charge in [-0.2, -0.15) is 0 Å². The summed E-state index contributed by atoms with van der Waals surface area (Å²) in [6, 6.07) is 6.03. The molecule has 2 nitrogen and oxygen atoms in total.